The van der Waals surface area contributed by atoms with Crippen molar-refractivity contribution in [2.24, 2.45) is 0 Å². The molecule has 0 bridgehead atoms. The number of sulfonamides is 1. The summed E-state index contributed by atoms with van der Waals surface area (Å²) >= 11 is 7.17. The van der Waals surface area contributed by atoms with Crippen molar-refractivity contribution in [1.29, 1.82) is 0 Å². The van der Waals surface area contributed by atoms with E-state index in [9.17, 15) is 8.42 Å². The first-order valence-electron chi connectivity index (χ1n) is 8.14. The first-order valence-corrected chi connectivity index (χ1v) is 10.9. The summed E-state index contributed by atoms with van der Waals surface area (Å²) in [6.07, 6.45) is 3.30. The number of nitrogens with zero attached hydrogens (tertiary/aromatic N) is 2. The number of hydrogen-bond donors (Lipinski definition) is 1. The van der Waals surface area contributed by atoms with Crippen molar-refractivity contribution in [3.63, 3.8) is 0 Å². The normalized spacial score (nSPS) is 15.0. The predicted octanol–water partition coefficient (Wildman–Crippen LogP) is 4.83. The number of anilines is 1. The fourth-order valence-corrected chi connectivity index (χ4v) is 5.12. The van der Waals surface area contributed by atoms with Gasteiger partial charge >= 0.3 is 0 Å². The number of rotatable bonds is 5. The standard InChI is InChI=1S/C17H16ClN3O3S2/c1-10-13(18)6-3-7-14(10)21-26(22,23)15-8-12(9-25-15)16-19-17(24-20-16)11-4-2-5-11/h3,6-9,11,21H,2,4-5H2,1H3. The van der Waals surface area contributed by atoms with Crippen LogP contribution in [0.4, 0.5) is 5.69 Å². The van der Waals surface area contributed by atoms with Crippen LogP contribution in [0.15, 0.2) is 38.4 Å². The Morgan fingerprint density at radius 1 is 1.35 bits per heavy atom. The Labute approximate surface area is 160 Å². The second kappa shape index (κ2) is 6.68. The molecule has 1 saturated carbocycles. The van der Waals surface area contributed by atoms with Gasteiger partial charge in [0.2, 0.25) is 11.7 Å². The van der Waals surface area contributed by atoms with Gasteiger partial charge in [-0.2, -0.15) is 4.98 Å². The first kappa shape index (κ1) is 17.5. The summed E-state index contributed by atoms with van der Waals surface area (Å²) in [5, 5.41) is 6.21. The largest absolute Gasteiger partial charge is 0.339 e. The molecule has 6 nitrogen and oxygen atoms in total. The second-order valence-electron chi connectivity index (χ2n) is 6.26. The van der Waals surface area contributed by atoms with Crippen LogP contribution < -0.4 is 4.72 Å². The summed E-state index contributed by atoms with van der Waals surface area (Å²) in [5.41, 5.74) is 1.77. The topological polar surface area (TPSA) is 85.1 Å². The summed E-state index contributed by atoms with van der Waals surface area (Å²) < 4.78 is 33.4. The van der Waals surface area contributed by atoms with Crippen LogP contribution in [0.2, 0.25) is 5.02 Å². The highest BCUT2D eigenvalue weighted by Crippen LogP contribution is 2.37. The summed E-state index contributed by atoms with van der Waals surface area (Å²) in [5.74, 6) is 1.39. The Kier molecular flexibility index (Phi) is 4.50. The van der Waals surface area contributed by atoms with Crippen LogP contribution in [0.3, 0.4) is 0 Å². The van der Waals surface area contributed by atoms with Crippen LogP contribution in [0.5, 0.6) is 0 Å². The number of aromatic nitrogens is 2. The van der Waals surface area contributed by atoms with Gasteiger partial charge in [-0.15, -0.1) is 11.3 Å². The fraction of sp³-hybridized carbons (Fsp3) is 0.294. The van der Waals surface area contributed by atoms with Gasteiger partial charge in [0.05, 0.1) is 5.69 Å². The monoisotopic (exact) mass is 409 g/mol. The summed E-state index contributed by atoms with van der Waals surface area (Å²) in [6.45, 7) is 1.77. The molecule has 1 aliphatic rings. The van der Waals surface area contributed by atoms with E-state index < -0.39 is 10.0 Å². The molecular formula is C17H16ClN3O3S2. The average Bonchev–Trinajstić information content (AvgIpc) is 3.19. The lowest BCUT2D eigenvalue weighted by molar-refractivity contribution is 0.292. The summed E-state index contributed by atoms with van der Waals surface area (Å²) in [4.78, 5) is 4.40. The van der Waals surface area contributed by atoms with Crippen LogP contribution in [-0.2, 0) is 10.0 Å². The van der Waals surface area contributed by atoms with Crippen LogP contribution in [0, 0.1) is 6.92 Å². The molecule has 1 fully saturated rings. The third kappa shape index (κ3) is 3.24. The molecule has 136 valence electrons. The minimum Gasteiger partial charge on any atom is -0.339 e. The maximum absolute atomic E-state index is 12.7. The zero-order valence-electron chi connectivity index (χ0n) is 13.9. The number of benzene rings is 1. The van der Waals surface area contributed by atoms with E-state index in [1.54, 1.807) is 36.6 Å². The molecule has 1 aliphatic carbocycles. The second-order valence-corrected chi connectivity index (χ2v) is 9.48. The van der Waals surface area contributed by atoms with E-state index in [1.807, 2.05) is 0 Å². The van der Waals surface area contributed by atoms with Gasteiger partial charge in [-0.1, -0.05) is 29.2 Å². The summed E-state index contributed by atoms with van der Waals surface area (Å²) in [6, 6.07) is 6.65. The predicted molar refractivity (Wildman–Crippen MR) is 101 cm³/mol. The zero-order valence-corrected chi connectivity index (χ0v) is 16.3. The van der Waals surface area contributed by atoms with Crippen molar-refractivity contribution in [2.45, 2.75) is 36.3 Å². The maximum atomic E-state index is 12.7. The van der Waals surface area contributed by atoms with Crippen molar-refractivity contribution < 1.29 is 12.9 Å². The van der Waals surface area contributed by atoms with E-state index >= 15 is 0 Å². The highest BCUT2D eigenvalue weighted by molar-refractivity contribution is 7.94. The molecule has 0 unspecified atom stereocenters. The molecule has 0 spiro atoms. The van der Waals surface area contributed by atoms with Gasteiger partial charge in [-0.3, -0.25) is 4.72 Å². The van der Waals surface area contributed by atoms with Gasteiger partial charge in [0, 0.05) is 21.9 Å². The summed E-state index contributed by atoms with van der Waals surface area (Å²) in [7, 11) is -3.72. The lowest BCUT2D eigenvalue weighted by atomic mass is 9.85. The van der Waals surface area contributed by atoms with Gasteiger partial charge in [0.25, 0.3) is 10.0 Å². The van der Waals surface area contributed by atoms with Gasteiger partial charge in [0.15, 0.2) is 0 Å². The number of halogens is 1. The molecule has 9 heteroatoms. The van der Waals surface area contributed by atoms with E-state index in [0.29, 0.717) is 39.5 Å². The van der Waals surface area contributed by atoms with Crippen LogP contribution in [-0.4, -0.2) is 18.6 Å². The molecule has 26 heavy (non-hydrogen) atoms. The molecule has 2 aromatic heterocycles. The van der Waals surface area contributed by atoms with Gasteiger partial charge in [0.1, 0.15) is 4.21 Å². The lowest BCUT2D eigenvalue weighted by Gasteiger charge is -2.20. The van der Waals surface area contributed by atoms with E-state index in [0.717, 1.165) is 24.2 Å². The van der Waals surface area contributed by atoms with E-state index in [1.165, 1.54) is 6.42 Å². The third-order valence-electron chi connectivity index (χ3n) is 4.51. The quantitative estimate of drug-likeness (QED) is 0.652. The number of nitrogens with one attached hydrogen (secondary N) is 1. The average molecular weight is 410 g/mol. The first-order chi connectivity index (χ1) is 12.4. The molecule has 0 atom stereocenters. The van der Waals surface area contributed by atoms with Gasteiger partial charge < -0.3 is 4.52 Å². The zero-order chi connectivity index (χ0) is 18.3. The fourth-order valence-electron chi connectivity index (χ4n) is 2.66. The van der Waals surface area contributed by atoms with Crippen LogP contribution in [0.1, 0.15) is 36.6 Å². The molecule has 4 rings (SSSR count). The van der Waals surface area contributed by atoms with Crippen LogP contribution in [0.25, 0.3) is 11.4 Å². The Morgan fingerprint density at radius 2 is 2.15 bits per heavy atom. The minimum atomic E-state index is -3.72. The Morgan fingerprint density at radius 3 is 2.88 bits per heavy atom. The molecule has 0 amide bonds. The molecule has 0 aliphatic heterocycles. The van der Waals surface area contributed by atoms with E-state index in [-0.39, 0.29) is 4.21 Å². The maximum Gasteiger partial charge on any atom is 0.271 e. The Hall–Kier alpha value is -1.90. The molecule has 0 radical (unpaired) electrons. The third-order valence-corrected chi connectivity index (χ3v) is 7.72. The molecular weight excluding hydrogens is 394 g/mol. The van der Waals surface area contributed by atoms with Gasteiger partial charge in [-0.05, 0) is 43.5 Å². The Balaban J connectivity index is 1.58. The van der Waals surface area contributed by atoms with Crippen molar-refractivity contribution in [3.8, 4) is 11.4 Å². The van der Waals surface area contributed by atoms with Crippen LogP contribution >= 0.6 is 22.9 Å². The minimum absolute atomic E-state index is 0.182. The molecule has 3 aromatic rings. The van der Waals surface area contributed by atoms with E-state index in [4.69, 9.17) is 16.1 Å². The molecule has 1 N–H and O–H groups in total. The molecule has 1 aromatic carbocycles. The van der Waals surface area contributed by atoms with Crippen molar-refractivity contribution >= 4 is 38.6 Å². The Bertz CT molecular complexity index is 1050. The van der Waals surface area contributed by atoms with Crippen molar-refractivity contribution in [1.82, 2.24) is 10.1 Å². The number of hydrogen-bond acceptors (Lipinski definition) is 6. The highest BCUT2D eigenvalue weighted by Gasteiger charge is 2.26. The highest BCUT2D eigenvalue weighted by atomic mass is 35.5. The van der Waals surface area contributed by atoms with Crippen molar-refractivity contribution in [3.05, 3.63) is 46.1 Å². The van der Waals surface area contributed by atoms with Crippen molar-refractivity contribution in [2.75, 3.05) is 4.72 Å². The number of thiophene rings is 1. The molecule has 2 heterocycles. The lowest BCUT2D eigenvalue weighted by Crippen LogP contribution is -2.12. The SMILES string of the molecule is Cc1c(Cl)cccc1NS(=O)(=O)c1cc(-c2noc(C3CCC3)n2)cs1. The smallest absolute Gasteiger partial charge is 0.271 e. The molecule has 0 saturated heterocycles. The van der Waals surface area contributed by atoms with Gasteiger partial charge in [-0.25, -0.2) is 8.42 Å². The van der Waals surface area contributed by atoms with E-state index in [2.05, 4.69) is 14.9 Å².